The summed E-state index contributed by atoms with van der Waals surface area (Å²) >= 11 is 0. The Hall–Kier alpha value is 0.150. The average Bonchev–Trinajstić information content (AvgIpc) is 2.56. The second-order valence-electron chi connectivity index (χ2n) is 16.3. The van der Waals surface area contributed by atoms with Crippen molar-refractivity contribution in [2.24, 2.45) is 57.2 Å². The number of hydrogen-bond acceptors (Lipinski definition) is 1. The molecule has 0 aromatic rings. The van der Waals surface area contributed by atoms with E-state index < -0.39 is 13.3 Å². The average molecular weight is 485 g/mol. The van der Waals surface area contributed by atoms with Crippen molar-refractivity contribution in [1.82, 2.24) is 0 Å². The van der Waals surface area contributed by atoms with E-state index in [9.17, 15) is 14.4 Å². The topological polar surface area (TPSA) is 57.5 Å². The van der Waals surface area contributed by atoms with Crippen LogP contribution in [0.15, 0.2) is 0 Å². The van der Waals surface area contributed by atoms with Gasteiger partial charge in [0.2, 0.25) is 0 Å². The van der Waals surface area contributed by atoms with Gasteiger partial charge in [-0.05, 0) is 95.7 Å². The summed E-state index contributed by atoms with van der Waals surface area (Å²) in [5.41, 5.74) is 0.107. The van der Waals surface area contributed by atoms with Crippen molar-refractivity contribution in [2.75, 3.05) is 0 Å². The molecule has 6 atom stereocenters. The molecule has 0 heterocycles. The van der Waals surface area contributed by atoms with E-state index in [0.29, 0.717) is 23.7 Å². The zero-order chi connectivity index (χ0) is 25.8. The minimum absolute atomic E-state index is 0.0572. The fourth-order valence-corrected chi connectivity index (χ4v) is 9.00. The number of rotatable bonds is 3. The molecule has 2 saturated carbocycles. The summed E-state index contributed by atoms with van der Waals surface area (Å²) in [6, 6.07) is 0. The molecular formula is C29H57O3P. The van der Waals surface area contributed by atoms with Gasteiger partial charge in [0.1, 0.15) is 0 Å². The van der Waals surface area contributed by atoms with Gasteiger partial charge in [-0.1, -0.05) is 83.1 Å². The first-order valence-corrected chi connectivity index (χ1v) is 15.2. The smallest absolute Gasteiger partial charge is 0.324 e. The summed E-state index contributed by atoms with van der Waals surface area (Å²) in [4.78, 5) is 21.3. The summed E-state index contributed by atoms with van der Waals surface area (Å²) in [6.07, 6.45) is 6.57. The quantitative estimate of drug-likeness (QED) is 0.394. The lowest BCUT2D eigenvalue weighted by molar-refractivity contribution is 0.0114. The molecule has 2 rings (SSSR count). The SMILES string of the molecule is CC(C)(C)C1CC(CC2CC(C(C)(C)C)CC(C(C)(C)C)C2P(=O)(O)O)CC(C(C)(C)C)C1. The largest absolute Gasteiger partial charge is 0.329 e. The zero-order valence-corrected chi connectivity index (χ0v) is 24.9. The minimum atomic E-state index is -4.19. The standard InChI is InChI=1S/C29H57O3P/c1-26(2,3)21-14-19(15-22(17-21)27(4,5)6)13-20-16-23(28(7,8)9)18-24(29(10,11)12)25(20)33(30,31)32/h19-25H,13-18H2,1-12H3,(H2,30,31,32). The van der Waals surface area contributed by atoms with Crippen LogP contribution in [0.4, 0.5) is 0 Å². The number of hydrogen-bond donors (Lipinski definition) is 2. The fourth-order valence-electron chi connectivity index (χ4n) is 7.16. The van der Waals surface area contributed by atoms with E-state index in [2.05, 4.69) is 83.1 Å². The summed E-state index contributed by atoms with van der Waals surface area (Å²) in [5, 5.41) is 0. The van der Waals surface area contributed by atoms with Crippen molar-refractivity contribution >= 4 is 7.60 Å². The molecule has 0 radical (unpaired) electrons. The molecule has 0 aromatic heterocycles. The van der Waals surface area contributed by atoms with Crippen molar-refractivity contribution in [3.05, 3.63) is 0 Å². The molecule has 0 aliphatic heterocycles. The maximum Gasteiger partial charge on any atom is 0.329 e. The lowest BCUT2D eigenvalue weighted by atomic mass is 9.56. The monoisotopic (exact) mass is 484 g/mol. The molecule has 2 aliphatic rings. The predicted octanol–water partition coefficient (Wildman–Crippen LogP) is 8.78. The highest BCUT2D eigenvalue weighted by molar-refractivity contribution is 7.52. The van der Waals surface area contributed by atoms with E-state index >= 15 is 0 Å². The van der Waals surface area contributed by atoms with Crippen molar-refractivity contribution in [3.8, 4) is 0 Å². The molecule has 3 nitrogen and oxygen atoms in total. The maximum atomic E-state index is 13.0. The third-order valence-corrected chi connectivity index (χ3v) is 11.2. The Morgan fingerprint density at radius 1 is 0.606 bits per heavy atom. The molecule has 0 spiro atoms. The van der Waals surface area contributed by atoms with Gasteiger partial charge in [0.25, 0.3) is 0 Å². The van der Waals surface area contributed by atoms with Gasteiger partial charge in [0.05, 0.1) is 5.66 Å². The van der Waals surface area contributed by atoms with E-state index in [4.69, 9.17) is 0 Å². The van der Waals surface area contributed by atoms with E-state index in [1.807, 2.05) is 0 Å². The summed E-state index contributed by atoms with van der Waals surface area (Å²) in [6.45, 7) is 27.8. The molecule has 4 heteroatoms. The molecule has 0 saturated heterocycles. The van der Waals surface area contributed by atoms with Crippen LogP contribution in [0.25, 0.3) is 0 Å². The predicted molar refractivity (Wildman–Crippen MR) is 142 cm³/mol. The first kappa shape index (κ1) is 29.4. The second-order valence-corrected chi connectivity index (χ2v) is 18.1. The third kappa shape index (κ3) is 7.57. The van der Waals surface area contributed by atoms with Crippen LogP contribution in [-0.4, -0.2) is 15.4 Å². The molecule has 196 valence electrons. The van der Waals surface area contributed by atoms with Gasteiger partial charge >= 0.3 is 7.60 Å². The van der Waals surface area contributed by atoms with Crippen molar-refractivity contribution < 1.29 is 14.4 Å². The van der Waals surface area contributed by atoms with Crippen LogP contribution in [0.3, 0.4) is 0 Å². The Labute approximate surface area is 206 Å². The molecule has 2 N–H and O–H groups in total. The lowest BCUT2D eigenvalue weighted by Crippen LogP contribution is -2.47. The van der Waals surface area contributed by atoms with Crippen molar-refractivity contribution in [1.29, 1.82) is 0 Å². The van der Waals surface area contributed by atoms with Crippen LogP contribution in [0.5, 0.6) is 0 Å². The summed E-state index contributed by atoms with van der Waals surface area (Å²) in [7, 11) is -4.19. The van der Waals surface area contributed by atoms with Gasteiger partial charge in [-0.2, -0.15) is 0 Å². The molecule has 0 amide bonds. The molecule has 0 bridgehead atoms. The Kier molecular flexibility index (Phi) is 8.50. The van der Waals surface area contributed by atoms with Crippen LogP contribution < -0.4 is 0 Å². The van der Waals surface area contributed by atoms with Gasteiger partial charge in [0, 0.05) is 0 Å². The second kappa shape index (κ2) is 9.55. The van der Waals surface area contributed by atoms with Gasteiger partial charge in [-0.25, -0.2) is 0 Å². The minimum Gasteiger partial charge on any atom is -0.324 e. The van der Waals surface area contributed by atoms with E-state index in [0.717, 1.165) is 19.3 Å². The summed E-state index contributed by atoms with van der Waals surface area (Å²) < 4.78 is 13.0. The molecule has 2 fully saturated rings. The normalized spacial score (nSPS) is 35.5. The van der Waals surface area contributed by atoms with Gasteiger partial charge in [0.15, 0.2) is 0 Å². The Morgan fingerprint density at radius 3 is 1.33 bits per heavy atom. The molecule has 33 heavy (non-hydrogen) atoms. The Bertz CT molecular complexity index is 672. The fraction of sp³-hybridized carbons (Fsp3) is 1.00. The first-order chi connectivity index (χ1) is 14.5. The molecule has 6 unspecified atom stereocenters. The first-order valence-electron chi connectivity index (χ1n) is 13.6. The van der Waals surface area contributed by atoms with Crippen LogP contribution in [0.1, 0.15) is 122 Å². The van der Waals surface area contributed by atoms with Crippen LogP contribution >= 0.6 is 7.60 Å². The van der Waals surface area contributed by atoms with Crippen LogP contribution in [0.2, 0.25) is 0 Å². The Morgan fingerprint density at radius 2 is 1.00 bits per heavy atom. The van der Waals surface area contributed by atoms with E-state index in [-0.39, 0.29) is 33.5 Å². The van der Waals surface area contributed by atoms with Crippen LogP contribution in [-0.2, 0) is 4.57 Å². The highest BCUT2D eigenvalue weighted by Crippen LogP contribution is 2.62. The van der Waals surface area contributed by atoms with Gasteiger partial charge < -0.3 is 9.79 Å². The highest BCUT2D eigenvalue weighted by atomic mass is 31.2. The zero-order valence-electron chi connectivity index (χ0n) is 24.0. The van der Waals surface area contributed by atoms with Gasteiger partial charge in [-0.3, -0.25) is 4.57 Å². The van der Waals surface area contributed by atoms with E-state index in [1.165, 1.54) is 19.3 Å². The maximum absolute atomic E-state index is 13.0. The summed E-state index contributed by atoms with van der Waals surface area (Å²) in [5.74, 6) is 2.59. The molecular weight excluding hydrogens is 427 g/mol. The Balaban J connectivity index is 2.43. The van der Waals surface area contributed by atoms with Gasteiger partial charge in [-0.15, -0.1) is 0 Å². The van der Waals surface area contributed by atoms with Crippen molar-refractivity contribution in [2.45, 2.75) is 127 Å². The van der Waals surface area contributed by atoms with E-state index in [1.54, 1.807) is 0 Å². The van der Waals surface area contributed by atoms with Crippen LogP contribution in [0, 0.1) is 57.2 Å². The molecule has 0 aromatic carbocycles. The van der Waals surface area contributed by atoms with Crippen molar-refractivity contribution in [3.63, 3.8) is 0 Å². The molecule has 2 aliphatic carbocycles. The highest BCUT2D eigenvalue weighted by Gasteiger charge is 2.53. The lowest BCUT2D eigenvalue weighted by Gasteiger charge is -2.52. The third-order valence-electron chi connectivity index (χ3n) is 9.64.